The standard InChI is InChI=1S/C22H28ClN3O3S/c1-4-26(5-2)30(28,29)17-9-11-21(25-12-6-7-13-25)18(15-17)22(27)24-20-10-8-16(3)14-19(20)23/h8-11,14-15H,4-7,12-13H2,1-3H3,(H,24,27). The molecular weight excluding hydrogens is 422 g/mol. The molecule has 1 N–H and O–H groups in total. The summed E-state index contributed by atoms with van der Waals surface area (Å²) in [5.74, 6) is -0.376. The van der Waals surface area contributed by atoms with Crippen molar-refractivity contribution < 1.29 is 13.2 Å². The first-order chi connectivity index (χ1) is 14.3. The smallest absolute Gasteiger partial charge is 0.257 e. The highest BCUT2D eigenvalue weighted by atomic mass is 35.5. The van der Waals surface area contributed by atoms with E-state index in [9.17, 15) is 13.2 Å². The van der Waals surface area contributed by atoms with Gasteiger partial charge in [-0.2, -0.15) is 4.31 Å². The van der Waals surface area contributed by atoms with Gasteiger partial charge in [0.15, 0.2) is 0 Å². The maximum Gasteiger partial charge on any atom is 0.257 e. The summed E-state index contributed by atoms with van der Waals surface area (Å²) >= 11 is 6.28. The molecule has 1 aliphatic heterocycles. The lowest BCUT2D eigenvalue weighted by Crippen LogP contribution is -2.31. The molecule has 6 nitrogen and oxygen atoms in total. The van der Waals surface area contributed by atoms with E-state index in [-0.39, 0.29) is 10.8 Å². The molecule has 162 valence electrons. The normalized spacial score (nSPS) is 14.4. The number of carbonyl (C=O) groups is 1. The minimum absolute atomic E-state index is 0.120. The number of benzene rings is 2. The molecule has 2 aromatic carbocycles. The second-order valence-corrected chi connectivity index (χ2v) is 9.74. The van der Waals surface area contributed by atoms with Crippen LogP contribution in [0.1, 0.15) is 42.6 Å². The van der Waals surface area contributed by atoms with Gasteiger partial charge in [0, 0.05) is 31.9 Å². The highest BCUT2D eigenvalue weighted by Crippen LogP contribution is 2.30. The molecule has 8 heteroatoms. The maximum absolute atomic E-state index is 13.2. The van der Waals surface area contributed by atoms with Crippen LogP contribution in [0.3, 0.4) is 0 Å². The molecule has 3 rings (SSSR count). The van der Waals surface area contributed by atoms with Gasteiger partial charge in [-0.1, -0.05) is 31.5 Å². The number of carbonyl (C=O) groups excluding carboxylic acids is 1. The zero-order valence-electron chi connectivity index (χ0n) is 17.6. The summed E-state index contributed by atoms with van der Waals surface area (Å²) in [6.07, 6.45) is 2.09. The largest absolute Gasteiger partial charge is 0.371 e. The molecule has 0 aromatic heterocycles. The van der Waals surface area contributed by atoms with Gasteiger partial charge in [0.05, 0.1) is 21.2 Å². The lowest BCUT2D eigenvalue weighted by atomic mass is 10.1. The van der Waals surface area contributed by atoms with Crippen molar-refractivity contribution >= 4 is 38.9 Å². The molecular formula is C22H28ClN3O3S. The van der Waals surface area contributed by atoms with Crippen molar-refractivity contribution in [1.82, 2.24) is 4.31 Å². The van der Waals surface area contributed by atoms with E-state index >= 15 is 0 Å². The summed E-state index contributed by atoms with van der Waals surface area (Å²) in [4.78, 5) is 15.5. The number of nitrogens with one attached hydrogen (secondary N) is 1. The van der Waals surface area contributed by atoms with Crippen LogP contribution in [0.4, 0.5) is 11.4 Å². The van der Waals surface area contributed by atoms with Crippen LogP contribution in [0, 0.1) is 6.92 Å². The highest BCUT2D eigenvalue weighted by Gasteiger charge is 2.26. The second-order valence-electron chi connectivity index (χ2n) is 7.40. The van der Waals surface area contributed by atoms with Crippen LogP contribution in [0.5, 0.6) is 0 Å². The number of halogens is 1. The molecule has 0 unspecified atom stereocenters. The van der Waals surface area contributed by atoms with E-state index in [1.54, 1.807) is 38.1 Å². The molecule has 1 heterocycles. The summed E-state index contributed by atoms with van der Waals surface area (Å²) in [7, 11) is -3.68. The van der Waals surface area contributed by atoms with Crippen molar-refractivity contribution in [3.63, 3.8) is 0 Å². The second kappa shape index (κ2) is 9.37. The van der Waals surface area contributed by atoms with Gasteiger partial charge in [-0.05, 0) is 55.7 Å². The predicted octanol–water partition coefficient (Wildman–Crippen LogP) is 4.53. The van der Waals surface area contributed by atoms with Gasteiger partial charge in [-0.25, -0.2) is 8.42 Å². The fourth-order valence-corrected chi connectivity index (χ4v) is 5.48. The van der Waals surface area contributed by atoms with Crippen molar-refractivity contribution in [3.05, 3.63) is 52.5 Å². The summed E-state index contributed by atoms with van der Waals surface area (Å²) in [6.45, 7) is 7.94. The number of aryl methyl sites for hydroxylation is 1. The van der Waals surface area contributed by atoms with E-state index in [1.165, 1.54) is 10.4 Å². The molecule has 1 amide bonds. The minimum Gasteiger partial charge on any atom is -0.371 e. The Hall–Kier alpha value is -2.09. The molecule has 0 atom stereocenters. The molecule has 0 aliphatic carbocycles. The summed E-state index contributed by atoms with van der Waals surface area (Å²) in [6, 6.07) is 10.2. The van der Waals surface area contributed by atoms with Gasteiger partial charge in [0.1, 0.15) is 0 Å². The van der Waals surface area contributed by atoms with Crippen molar-refractivity contribution in [3.8, 4) is 0 Å². The molecule has 30 heavy (non-hydrogen) atoms. The first-order valence-electron chi connectivity index (χ1n) is 10.2. The summed E-state index contributed by atoms with van der Waals surface area (Å²) in [5.41, 5.74) is 2.56. The first kappa shape index (κ1) is 22.6. The molecule has 1 saturated heterocycles. The topological polar surface area (TPSA) is 69.7 Å². The Bertz CT molecular complexity index is 1030. The predicted molar refractivity (Wildman–Crippen MR) is 122 cm³/mol. The van der Waals surface area contributed by atoms with E-state index in [1.807, 2.05) is 13.0 Å². The number of anilines is 2. The van der Waals surface area contributed by atoms with Gasteiger partial charge in [0.25, 0.3) is 5.91 Å². The van der Waals surface area contributed by atoms with Crippen molar-refractivity contribution in [2.45, 2.75) is 38.5 Å². The fraction of sp³-hybridized carbons (Fsp3) is 0.409. The third-order valence-electron chi connectivity index (χ3n) is 5.38. The number of sulfonamides is 1. The molecule has 0 saturated carbocycles. The fourth-order valence-electron chi connectivity index (χ4n) is 3.72. The Morgan fingerprint density at radius 2 is 1.77 bits per heavy atom. The summed E-state index contributed by atoms with van der Waals surface area (Å²) < 4.78 is 27.4. The Kier molecular flexibility index (Phi) is 7.06. The number of amides is 1. The third kappa shape index (κ3) is 4.63. The molecule has 0 radical (unpaired) electrons. The van der Waals surface area contributed by atoms with E-state index in [0.717, 1.165) is 37.2 Å². The third-order valence-corrected chi connectivity index (χ3v) is 7.73. The van der Waals surface area contributed by atoms with Crippen LogP contribution >= 0.6 is 11.6 Å². The van der Waals surface area contributed by atoms with E-state index in [0.29, 0.717) is 29.4 Å². The Morgan fingerprint density at radius 3 is 2.37 bits per heavy atom. The number of nitrogens with zero attached hydrogens (tertiary/aromatic N) is 2. The minimum atomic E-state index is -3.68. The first-order valence-corrected chi connectivity index (χ1v) is 12.1. The van der Waals surface area contributed by atoms with Crippen molar-refractivity contribution in [2.24, 2.45) is 0 Å². The zero-order valence-corrected chi connectivity index (χ0v) is 19.2. The van der Waals surface area contributed by atoms with Crippen LogP contribution in [0.15, 0.2) is 41.3 Å². The van der Waals surface area contributed by atoms with Crippen LogP contribution < -0.4 is 10.2 Å². The molecule has 1 aliphatic rings. The van der Waals surface area contributed by atoms with E-state index in [2.05, 4.69) is 10.2 Å². The average molecular weight is 450 g/mol. The van der Waals surface area contributed by atoms with Gasteiger partial charge in [0.2, 0.25) is 10.0 Å². The average Bonchev–Trinajstić information content (AvgIpc) is 3.25. The molecule has 1 fully saturated rings. The Balaban J connectivity index is 2.03. The van der Waals surface area contributed by atoms with Crippen LogP contribution in [-0.2, 0) is 10.0 Å². The molecule has 0 spiro atoms. The number of hydrogen-bond donors (Lipinski definition) is 1. The lowest BCUT2D eigenvalue weighted by molar-refractivity contribution is 0.102. The Morgan fingerprint density at radius 1 is 1.10 bits per heavy atom. The van der Waals surface area contributed by atoms with Crippen LogP contribution in [0.2, 0.25) is 5.02 Å². The van der Waals surface area contributed by atoms with Gasteiger partial charge in [-0.15, -0.1) is 0 Å². The highest BCUT2D eigenvalue weighted by molar-refractivity contribution is 7.89. The SMILES string of the molecule is CCN(CC)S(=O)(=O)c1ccc(N2CCCC2)c(C(=O)Nc2ccc(C)cc2Cl)c1. The van der Waals surface area contributed by atoms with Crippen molar-refractivity contribution in [2.75, 3.05) is 36.4 Å². The monoisotopic (exact) mass is 449 g/mol. The number of rotatable bonds is 7. The van der Waals surface area contributed by atoms with Crippen LogP contribution in [0.25, 0.3) is 0 Å². The quantitative estimate of drug-likeness (QED) is 0.674. The summed E-state index contributed by atoms with van der Waals surface area (Å²) in [5, 5.41) is 3.29. The van der Waals surface area contributed by atoms with Gasteiger partial charge < -0.3 is 10.2 Å². The maximum atomic E-state index is 13.2. The Labute approximate surface area is 183 Å². The van der Waals surface area contributed by atoms with Gasteiger partial charge in [-0.3, -0.25) is 4.79 Å². The van der Waals surface area contributed by atoms with E-state index < -0.39 is 10.0 Å². The molecule has 0 bridgehead atoms. The van der Waals surface area contributed by atoms with Crippen LogP contribution in [-0.4, -0.2) is 44.8 Å². The number of hydrogen-bond acceptors (Lipinski definition) is 4. The lowest BCUT2D eigenvalue weighted by Gasteiger charge is -2.23. The van der Waals surface area contributed by atoms with Crippen molar-refractivity contribution in [1.29, 1.82) is 0 Å². The molecule has 2 aromatic rings. The van der Waals surface area contributed by atoms with Gasteiger partial charge >= 0.3 is 0 Å². The van der Waals surface area contributed by atoms with E-state index in [4.69, 9.17) is 11.6 Å². The zero-order chi connectivity index (χ0) is 21.9.